The van der Waals surface area contributed by atoms with E-state index in [1.54, 1.807) is 6.92 Å². The normalized spacial score (nSPS) is 10.2. The summed E-state index contributed by atoms with van der Waals surface area (Å²) in [4.78, 5) is 27.3. The predicted molar refractivity (Wildman–Crippen MR) is 69.3 cm³/mol. The maximum atomic E-state index is 11.7. The summed E-state index contributed by atoms with van der Waals surface area (Å²) in [6.45, 7) is 4.35. The molecule has 1 rings (SSSR count). The zero-order chi connectivity index (χ0) is 12.1. The minimum Gasteiger partial charge on any atom is -0.355 e. The Hall–Kier alpha value is -0.920. The molecular formula is C10H14IN3O2. The van der Waals surface area contributed by atoms with Gasteiger partial charge in [-0.15, -0.1) is 0 Å². The maximum absolute atomic E-state index is 11.7. The number of aryl methyl sites for hydroxylation is 1. The van der Waals surface area contributed by atoms with Crippen LogP contribution in [0.2, 0.25) is 0 Å². The molecule has 1 aromatic rings. The Kier molecular flexibility index (Phi) is 4.91. The molecule has 0 spiro atoms. The molecule has 5 nitrogen and oxygen atoms in total. The number of nitrogens with one attached hydrogen (secondary N) is 1. The molecule has 0 aliphatic heterocycles. The smallest absolute Gasteiger partial charge is 0.267 e. The van der Waals surface area contributed by atoms with Gasteiger partial charge >= 0.3 is 0 Å². The Morgan fingerprint density at radius 2 is 2.31 bits per heavy atom. The highest BCUT2D eigenvalue weighted by Crippen LogP contribution is 1.97. The lowest BCUT2D eigenvalue weighted by atomic mass is 10.4. The molecule has 0 fully saturated rings. The van der Waals surface area contributed by atoms with Crippen LogP contribution in [0.5, 0.6) is 0 Å². The zero-order valence-corrected chi connectivity index (χ0v) is 11.4. The molecule has 1 heterocycles. The minimum atomic E-state index is -0.167. The van der Waals surface area contributed by atoms with Crippen LogP contribution in [-0.4, -0.2) is 22.0 Å². The van der Waals surface area contributed by atoms with Crippen molar-refractivity contribution < 1.29 is 4.79 Å². The van der Waals surface area contributed by atoms with Crippen LogP contribution in [0, 0.1) is 10.5 Å². The molecule has 0 saturated heterocycles. The van der Waals surface area contributed by atoms with Crippen LogP contribution < -0.4 is 10.9 Å². The summed E-state index contributed by atoms with van der Waals surface area (Å²) >= 11 is 1.91. The van der Waals surface area contributed by atoms with E-state index in [4.69, 9.17) is 0 Å². The number of amides is 1. The van der Waals surface area contributed by atoms with Crippen LogP contribution in [-0.2, 0) is 11.3 Å². The number of hydrogen-bond acceptors (Lipinski definition) is 3. The number of hydrogen-bond donors (Lipinski definition) is 1. The third kappa shape index (κ3) is 3.29. The summed E-state index contributed by atoms with van der Waals surface area (Å²) < 4.78 is 1.90. The number of aromatic nitrogens is 2. The molecule has 1 N–H and O–H groups in total. The van der Waals surface area contributed by atoms with Gasteiger partial charge in [0.1, 0.15) is 12.4 Å². The quantitative estimate of drug-likeness (QED) is 0.824. The molecule has 1 aromatic heterocycles. The van der Waals surface area contributed by atoms with Crippen LogP contribution in [0.25, 0.3) is 0 Å². The Morgan fingerprint density at radius 1 is 1.62 bits per heavy atom. The molecular weight excluding hydrogens is 321 g/mol. The van der Waals surface area contributed by atoms with Gasteiger partial charge in [-0.05, 0) is 35.9 Å². The van der Waals surface area contributed by atoms with Crippen molar-refractivity contribution in [2.75, 3.05) is 6.54 Å². The maximum Gasteiger partial charge on any atom is 0.267 e. The van der Waals surface area contributed by atoms with Gasteiger partial charge < -0.3 is 5.32 Å². The van der Waals surface area contributed by atoms with Gasteiger partial charge in [-0.2, -0.15) is 0 Å². The first kappa shape index (κ1) is 13.1. The van der Waals surface area contributed by atoms with Crippen molar-refractivity contribution in [2.45, 2.75) is 26.8 Å². The molecule has 6 heteroatoms. The highest BCUT2D eigenvalue weighted by molar-refractivity contribution is 14.1. The topological polar surface area (TPSA) is 64.0 Å². The van der Waals surface area contributed by atoms with Crippen molar-refractivity contribution >= 4 is 28.5 Å². The van der Waals surface area contributed by atoms with Gasteiger partial charge in [-0.3, -0.25) is 14.2 Å². The molecule has 0 bridgehead atoms. The first-order valence-corrected chi connectivity index (χ1v) is 6.12. The summed E-state index contributed by atoms with van der Waals surface area (Å²) in [6.07, 6.45) is 2.39. The second-order valence-electron chi connectivity index (χ2n) is 3.39. The molecule has 0 saturated carbocycles. The third-order valence-corrected chi connectivity index (χ3v) is 2.82. The lowest BCUT2D eigenvalue weighted by molar-refractivity contribution is -0.121. The van der Waals surface area contributed by atoms with Crippen LogP contribution in [0.1, 0.15) is 19.2 Å². The van der Waals surface area contributed by atoms with Gasteiger partial charge in [0.2, 0.25) is 5.91 Å². The molecule has 16 heavy (non-hydrogen) atoms. The van der Waals surface area contributed by atoms with E-state index in [0.717, 1.165) is 6.42 Å². The van der Waals surface area contributed by atoms with E-state index in [-0.39, 0.29) is 18.0 Å². The molecule has 0 aliphatic rings. The molecule has 0 unspecified atom stereocenters. The predicted octanol–water partition coefficient (Wildman–Crippen LogP) is 0.683. The number of carbonyl (C=O) groups is 1. The van der Waals surface area contributed by atoms with Gasteiger partial charge in [-0.1, -0.05) is 6.92 Å². The monoisotopic (exact) mass is 335 g/mol. The minimum absolute atomic E-state index is 0.0362. The molecule has 0 aromatic carbocycles. The van der Waals surface area contributed by atoms with Crippen molar-refractivity contribution in [3.63, 3.8) is 0 Å². The van der Waals surface area contributed by atoms with Crippen LogP contribution in [0.15, 0.2) is 11.0 Å². The fourth-order valence-electron chi connectivity index (χ4n) is 1.20. The zero-order valence-electron chi connectivity index (χ0n) is 9.29. The third-order valence-electron chi connectivity index (χ3n) is 2.08. The molecule has 1 amide bonds. The first-order valence-electron chi connectivity index (χ1n) is 5.05. The summed E-state index contributed by atoms with van der Waals surface area (Å²) in [7, 11) is 0. The number of rotatable bonds is 4. The first-order chi connectivity index (χ1) is 7.56. The van der Waals surface area contributed by atoms with Gasteiger partial charge in [0.25, 0.3) is 5.56 Å². The molecule has 0 radical (unpaired) electrons. The van der Waals surface area contributed by atoms with E-state index >= 15 is 0 Å². The van der Waals surface area contributed by atoms with E-state index in [1.165, 1.54) is 10.8 Å². The Balaban J connectivity index is 2.85. The summed E-state index contributed by atoms with van der Waals surface area (Å²) in [5.74, 6) is 0.396. The average molecular weight is 335 g/mol. The van der Waals surface area contributed by atoms with Crippen molar-refractivity contribution in [3.8, 4) is 0 Å². The van der Waals surface area contributed by atoms with E-state index < -0.39 is 0 Å². The number of carbonyl (C=O) groups excluding carboxylic acids is 1. The summed E-state index contributed by atoms with van der Waals surface area (Å²) in [5.41, 5.74) is -0.167. The Bertz CT molecular complexity index is 442. The van der Waals surface area contributed by atoms with Crippen LogP contribution in [0.4, 0.5) is 0 Å². The second-order valence-corrected chi connectivity index (χ2v) is 4.56. The summed E-state index contributed by atoms with van der Waals surface area (Å²) in [6, 6.07) is 0. The van der Waals surface area contributed by atoms with Gasteiger partial charge in [-0.25, -0.2) is 4.98 Å². The highest BCUT2D eigenvalue weighted by atomic mass is 127. The van der Waals surface area contributed by atoms with Crippen molar-refractivity contribution in [3.05, 3.63) is 25.9 Å². The highest BCUT2D eigenvalue weighted by Gasteiger charge is 2.09. The van der Waals surface area contributed by atoms with E-state index in [9.17, 15) is 9.59 Å². The standard InChI is InChI=1S/C10H14IN3O2/c1-3-4-12-9(15)6-14-7(2)13-5-8(11)10(14)16/h5H,3-4,6H2,1-2H3,(H,12,15). The molecule has 88 valence electrons. The fraction of sp³-hybridized carbons (Fsp3) is 0.500. The van der Waals surface area contributed by atoms with Gasteiger partial charge in [0, 0.05) is 12.7 Å². The van der Waals surface area contributed by atoms with E-state index in [2.05, 4.69) is 10.3 Å². The van der Waals surface area contributed by atoms with Crippen LogP contribution >= 0.6 is 22.6 Å². The van der Waals surface area contributed by atoms with Crippen molar-refractivity contribution in [2.24, 2.45) is 0 Å². The largest absolute Gasteiger partial charge is 0.355 e. The molecule has 0 atom stereocenters. The SMILES string of the molecule is CCCNC(=O)Cn1c(C)ncc(I)c1=O. The average Bonchev–Trinajstić information content (AvgIpc) is 2.27. The van der Waals surface area contributed by atoms with Gasteiger partial charge in [0.05, 0.1) is 3.57 Å². The van der Waals surface area contributed by atoms with E-state index in [0.29, 0.717) is 15.9 Å². The number of halogens is 1. The number of nitrogens with zero attached hydrogens (tertiary/aromatic N) is 2. The second kappa shape index (κ2) is 5.97. The lowest BCUT2D eigenvalue weighted by Gasteiger charge is -2.09. The summed E-state index contributed by atoms with van der Waals surface area (Å²) in [5, 5.41) is 2.73. The van der Waals surface area contributed by atoms with Crippen molar-refractivity contribution in [1.29, 1.82) is 0 Å². The Morgan fingerprint density at radius 3 is 2.94 bits per heavy atom. The fourth-order valence-corrected chi connectivity index (χ4v) is 1.63. The van der Waals surface area contributed by atoms with E-state index in [1.807, 2.05) is 29.5 Å². The Labute approximate surface area is 107 Å². The lowest BCUT2D eigenvalue weighted by Crippen LogP contribution is -2.35. The van der Waals surface area contributed by atoms with Crippen molar-refractivity contribution in [1.82, 2.24) is 14.9 Å². The molecule has 0 aliphatic carbocycles. The van der Waals surface area contributed by atoms with Crippen LogP contribution in [0.3, 0.4) is 0 Å². The van der Waals surface area contributed by atoms with Gasteiger partial charge in [0.15, 0.2) is 0 Å².